The van der Waals surface area contributed by atoms with E-state index in [1.165, 1.54) is 13.2 Å². The summed E-state index contributed by atoms with van der Waals surface area (Å²) in [5.41, 5.74) is 1.73. The molecule has 2 aromatic carbocycles. The second-order valence-electron chi connectivity index (χ2n) is 5.89. The van der Waals surface area contributed by atoms with E-state index in [1.54, 1.807) is 24.3 Å². The molecule has 1 aliphatic heterocycles. The first-order valence-corrected chi connectivity index (χ1v) is 9.70. The zero-order chi connectivity index (χ0) is 17.6. The van der Waals surface area contributed by atoms with Crippen LogP contribution >= 0.6 is 11.6 Å². The van der Waals surface area contributed by atoms with Crippen molar-refractivity contribution >= 4 is 32.4 Å². The third-order valence-electron chi connectivity index (χ3n) is 4.41. The van der Waals surface area contributed by atoms with E-state index in [-0.39, 0.29) is 15.5 Å². The molecular weight excluding hydrogens is 362 g/mol. The van der Waals surface area contributed by atoms with Gasteiger partial charge in [-0.25, -0.2) is 8.42 Å². The normalized spacial score (nSPS) is 14.5. The predicted molar refractivity (Wildman–Crippen MR) is 95.1 cm³/mol. The van der Waals surface area contributed by atoms with Gasteiger partial charge in [-0.1, -0.05) is 11.6 Å². The van der Waals surface area contributed by atoms with Crippen molar-refractivity contribution in [2.24, 2.45) is 0 Å². The van der Waals surface area contributed by atoms with Crippen molar-refractivity contribution in [2.45, 2.75) is 22.8 Å². The molecule has 0 saturated heterocycles. The molecule has 0 spiro atoms. The van der Waals surface area contributed by atoms with Crippen LogP contribution in [0.1, 0.15) is 11.3 Å². The quantitative estimate of drug-likeness (QED) is 0.755. The highest BCUT2D eigenvalue weighted by molar-refractivity contribution is 7.91. The van der Waals surface area contributed by atoms with E-state index in [4.69, 9.17) is 20.8 Å². The van der Waals surface area contributed by atoms with Gasteiger partial charge in [0.2, 0.25) is 9.84 Å². The highest BCUT2D eigenvalue weighted by atomic mass is 35.5. The average Bonchev–Trinajstić information content (AvgIpc) is 2.99. The van der Waals surface area contributed by atoms with E-state index >= 15 is 0 Å². The standard InChI is InChI=1S/C18H16ClNO4S/c1-23-15-5-2-11(19)8-18(15)25(21,22)12-3-4-13-14-6-7-20-10-17(14)24-16(13)9-12/h2-5,8-9,20H,6-7,10H2,1H3. The summed E-state index contributed by atoms with van der Waals surface area (Å²) in [6, 6.07) is 9.53. The number of benzene rings is 2. The Balaban J connectivity index is 1.87. The molecular formula is C18H16ClNO4S. The van der Waals surface area contributed by atoms with Gasteiger partial charge in [-0.05, 0) is 43.3 Å². The van der Waals surface area contributed by atoms with Crippen molar-refractivity contribution in [3.63, 3.8) is 0 Å². The van der Waals surface area contributed by atoms with Crippen molar-refractivity contribution in [1.82, 2.24) is 5.32 Å². The lowest BCUT2D eigenvalue weighted by atomic mass is 10.1. The fraction of sp³-hybridized carbons (Fsp3) is 0.222. The van der Waals surface area contributed by atoms with Gasteiger partial charge in [-0.2, -0.15) is 0 Å². The fourth-order valence-electron chi connectivity index (χ4n) is 3.17. The van der Waals surface area contributed by atoms with E-state index in [1.807, 2.05) is 6.07 Å². The molecule has 0 atom stereocenters. The van der Waals surface area contributed by atoms with Crippen molar-refractivity contribution in [3.8, 4) is 5.75 Å². The van der Waals surface area contributed by atoms with E-state index < -0.39 is 9.84 Å². The van der Waals surface area contributed by atoms with Gasteiger partial charge in [0.25, 0.3) is 0 Å². The van der Waals surface area contributed by atoms with E-state index in [0.29, 0.717) is 17.2 Å². The average molecular weight is 378 g/mol. The third-order valence-corrected chi connectivity index (χ3v) is 6.42. The molecule has 0 aliphatic carbocycles. The smallest absolute Gasteiger partial charge is 0.210 e. The van der Waals surface area contributed by atoms with Gasteiger partial charge >= 0.3 is 0 Å². The molecule has 1 N–H and O–H groups in total. The molecule has 2 heterocycles. The maximum atomic E-state index is 13.1. The number of furan rings is 1. The van der Waals surface area contributed by atoms with Gasteiger partial charge in [0.05, 0.1) is 18.6 Å². The number of hydrogen-bond acceptors (Lipinski definition) is 5. The number of methoxy groups -OCH3 is 1. The predicted octanol–water partition coefficient (Wildman–Crippen LogP) is 3.57. The summed E-state index contributed by atoms with van der Waals surface area (Å²) < 4.78 is 37.2. The zero-order valence-electron chi connectivity index (χ0n) is 13.5. The SMILES string of the molecule is COc1ccc(Cl)cc1S(=O)(=O)c1ccc2c3c(oc2c1)CNCC3. The van der Waals surface area contributed by atoms with Crippen LogP contribution < -0.4 is 10.1 Å². The second kappa shape index (κ2) is 6.05. The molecule has 0 unspecified atom stereocenters. The molecule has 0 amide bonds. The Morgan fingerprint density at radius 3 is 2.84 bits per heavy atom. The van der Waals surface area contributed by atoms with Crippen molar-refractivity contribution < 1.29 is 17.6 Å². The highest BCUT2D eigenvalue weighted by Crippen LogP contribution is 2.35. The first-order chi connectivity index (χ1) is 12.0. The summed E-state index contributed by atoms with van der Waals surface area (Å²) in [6.45, 7) is 1.55. The summed E-state index contributed by atoms with van der Waals surface area (Å²) in [5, 5.41) is 4.55. The van der Waals surface area contributed by atoms with Crippen LogP contribution in [0.3, 0.4) is 0 Å². The maximum absolute atomic E-state index is 13.1. The molecule has 0 radical (unpaired) electrons. The summed E-state index contributed by atoms with van der Waals surface area (Å²) in [7, 11) is -2.35. The topological polar surface area (TPSA) is 68.5 Å². The number of ether oxygens (including phenoxy) is 1. The molecule has 1 aromatic heterocycles. The monoisotopic (exact) mass is 377 g/mol. The molecule has 0 saturated carbocycles. The lowest BCUT2D eigenvalue weighted by Gasteiger charge is -2.11. The first-order valence-electron chi connectivity index (χ1n) is 7.84. The minimum Gasteiger partial charge on any atom is -0.495 e. The summed E-state index contributed by atoms with van der Waals surface area (Å²) in [5.74, 6) is 1.13. The van der Waals surface area contributed by atoms with Crippen molar-refractivity contribution in [3.05, 3.63) is 52.7 Å². The molecule has 7 heteroatoms. The van der Waals surface area contributed by atoms with Gasteiger partial charge in [0.1, 0.15) is 22.0 Å². The Morgan fingerprint density at radius 2 is 2.04 bits per heavy atom. The van der Waals surface area contributed by atoms with Crippen LogP contribution in [0.2, 0.25) is 5.02 Å². The number of rotatable bonds is 3. The first kappa shape index (κ1) is 16.4. The van der Waals surface area contributed by atoms with Gasteiger partial charge in [0, 0.05) is 22.0 Å². The van der Waals surface area contributed by atoms with E-state index in [0.717, 1.165) is 29.7 Å². The molecule has 0 fully saturated rings. The van der Waals surface area contributed by atoms with Crippen molar-refractivity contribution in [2.75, 3.05) is 13.7 Å². The zero-order valence-corrected chi connectivity index (χ0v) is 15.1. The lowest BCUT2D eigenvalue weighted by molar-refractivity contribution is 0.402. The van der Waals surface area contributed by atoms with Crippen molar-refractivity contribution in [1.29, 1.82) is 0 Å². The van der Waals surface area contributed by atoms with Crippen LogP contribution in [0.15, 0.2) is 50.6 Å². The number of hydrogen-bond donors (Lipinski definition) is 1. The molecule has 0 bridgehead atoms. The number of nitrogens with one attached hydrogen (secondary N) is 1. The Hall–Kier alpha value is -2.02. The highest BCUT2D eigenvalue weighted by Gasteiger charge is 2.25. The molecule has 3 aromatic rings. The number of fused-ring (bicyclic) bond motifs is 3. The minimum atomic E-state index is -3.78. The van der Waals surface area contributed by atoms with E-state index in [2.05, 4.69) is 5.32 Å². The van der Waals surface area contributed by atoms with Crippen LogP contribution in [0.4, 0.5) is 0 Å². The van der Waals surface area contributed by atoms with Crippen LogP contribution in [0.5, 0.6) is 5.75 Å². The molecule has 25 heavy (non-hydrogen) atoms. The molecule has 4 rings (SSSR count). The van der Waals surface area contributed by atoms with Gasteiger partial charge in [-0.15, -0.1) is 0 Å². The maximum Gasteiger partial charge on any atom is 0.210 e. The number of halogens is 1. The lowest BCUT2D eigenvalue weighted by Crippen LogP contribution is -2.22. The minimum absolute atomic E-state index is 0.0415. The van der Waals surface area contributed by atoms with Crippen LogP contribution in [-0.2, 0) is 22.8 Å². The fourth-order valence-corrected chi connectivity index (χ4v) is 4.87. The van der Waals surface area contributed by atoms with Gasteiger partial charge < -0.3 is 14.5 Å². The third kappa shape index (κ3) is 2.70. The van der Waals surface area contributed by atoms with Crippen LogP contribution in [0.25, 0.3) is 11.0 Å². The Morgan fingerprint density at radius 1 is 1.20 bits per heavy atom. The van der Waals surface area contributed by atoms with Crippen LogP contribution in [-0.4, -0.2) is 22.1 Å². The molecule has 1 aliphatic rings. The van der Waals surface area contributed by atoms with E-state index in [9.17, 15) is 8.42 Å². The van der Waals surface area contributed by atoms with Gasteiger partial charge in [0.15, 0.2) is 0 Å². The molecule has 130 valence electrons. The Bertz CT molecular complexity index is 1070. The Kier molecular flexibility index (Phi) is 3.98. The Labute approximate surface area is 150 Å². The van der Waals surface area contributed by atoms with Gasteiger partial charge in [-0.3, -0.25) is 0 Å². The largest absolute Gasteiger partial charge is 0.495 e. The summed E-state index contributed by atoms with van der Waals surface area (Å²) >= 11 is 5.99. The summed E-state index contributed by atoms with van der Waals surface area (Å²) in [6.07, 6.45) is 0.872. The summed E-state index contributed by atoms with van der Waals surface area (Å²) in [4.78, 5) is 0.194. The second-order valence-corrected chi connectivity index (χ2v) is 8.24. The number of sulfone groups is 1. The molecule has 5 nitrogen and oxygen atoms in total. The van der Waals surface area contributed by atoms with Crippen LogP contribution in [0, 0.1) is 0 Å².